The van der Waals surface area contributed by atoms with E-state index in [0.717, 1.165) is 22.5 Å². The largest absolute Gasteiger partial charge is 0.454 e. The number of hydrogen-bond acceptors (Lipinski definition) is 5. The molecule has 1 N–H and O–H groups in total. The van der Waals surface area contributed by atoms with Crippen molar-refractivity contribution in [3.05, 3.63) is 64.7 Å². The van der Waals surface area contributed by atoms with E-state index < -0.39 is 0 Å². The average molecular weight is 346 g/mol. The highest BCUT2D eigenvalue weighted by Gasteiger charge is 2.18. The van der Waals surface area contributed by atoms with Gasteiger partial charge in [-0.05, 0) is 37.3 Å². The van der Waals surface area contributed by atoms with Crippen LogP contribution in [0.1, 0.15) is 5.69 Å². The molecular weight excluding hydrogens is 332 g/mol. The van der Waals surface area contributed by atoms with Gasteiger partial charge in [-0.1, -0.05) is 6.07 Å². The van der Waals surface area contributed by atoms with Crippen LogP contribution in [-0.4, -0.2) is 26.4 Å². The van der Waals surface area contributed by atoms with Gasteiger partial charge in [0.05, 0.1) is 17.0 Å². The van der Waals surface area contributed by atoms with Gasteiger partial charge < -0.3 is 9.47 Å². The highest BCUT2D eigenvalue weighted by molar-refractivity contribution is 5.79. The Morgan fingerprint density at radius 1 is 1.08 bits per heavy atom. The first kappa shape index (κ1) is 14.7. The monoisotopic (exact) mass is 346 g/mol. The van der Waals surface area contributed by atoms with Crippen molar-refractivity contribution in [1.29, 1.82) is 0 Å². The number of rotatable bonds is 2. The lowest BCUT2D eigenvalue weighted by Gasteiger charge is -2.04. The van der Waals surface area contributed by atoms with Crippen molar-refractivity contribution in [2.75, 3.05) is 6.79 Å². The van der Waals surface area contributed by atoms with E-state index in [1.165, 1.54) is 10.6 Å². The minimum Gasteiger partial charge on any atom is -0.454 e. The van der Waals surface area contributed by atoms with Gasteiger partial charge in [0.15, 0.2) is 17.1 Å². The molecule has 0 aliphatic carbocycles. The van der Waals surface area contributed by atoms with E-state index in [2.05, 4.69) is 10.1 Å². The first-order valence-electron chi connectivity index (χ1n) is 8.14. The molecule has 26 heavy (non-hydrogen) atoms. The summed E-state index contributed by atoms with van der Waals surface area (Å²) in [6.45, 7) is 2.10. The number of fused-ring (bicyclic) bond motifs is 2. The lowest BCUT2D eigenvalue weighted by molar-refractivity contribution is 0.174. The normalized spacial score (nSPS) is 12.7. The third-order valence-electron chi connectivity index (χ3n) is 4.39. The zero-order valence-corrected chi connectivity index (χ0v) is 13.9. The van der Waals surface area contributed by atoms with Crippen molar-refractivity contribution in [2.45, 2.75) is 6.92 Å². The zero-order chi connectivity index (χ0) is 17.7. The summed E-state index contributed by atoms with van der Waals surface area (Å²) in [6, 6.07) is 12.7. The molecule has 128 valence electrons. The van der Waals surface area contributed by atoms with Crippen LogP contribution in [0.25, 0.3) is 28.2 Å². The van der Waals surface area contributed by atoms with E-state index in [0.29, 0.717) is 22.8 Å². The molecule has 4 aromatic rings. The van der Waals surface area contributed by atoms with Crippen LogP contribution in [0.4, 0.5) is 0 Å². The molecule has 1 aliphatic rings. The van der Waals surface area contributed by atoms with E-state index in [-0.39, 0.29) is 12.4 Å². The molecule has 7 nitrogen and oxygen atoms in total. The van der Waals surface area contributed by atoms with Gasteiger partial charge in [0.25, 0.3) is 5.56 Å². The van der Waals surface area contributed by atoms with Crippen molar-refractivity contribution in [3.63, 3.8) is 0 Å². The van der Waals surface area contributed by atoms with Crippen LogP contribution < -0.4 is 15.0 Å². The molecule has 4 heterocycles. The van der Waals surface area contributed by atoms with Crippen LogP contribution >= 0.6 is 0 Å². The first-order chi connectivity index (χ1) is 12.7. The molecule has 0 spiro atoms. The Morgan fingerprint density at radius 3 is 2.81 bits per heavy atom. The molecule has 7 heteroatoms. The minimum absolute atomic E-state index is 0.187. The fourth-order valence-electron chi connectivity index (χ4n) is 3.17. The number of benzene rings is 1. The fraction of sp³-hybridized carbons (Fsp3) is 0.105. The second-order valence-corrected chi connectivity index (χ2v) is 6.03. The number of ether oxygens (including phenoxy) is 2. The summed E-state index contributed by atoms with van der Waals surface area (Å²) < 4.78 is 12.2. The Hall–Kier alpha value is -3.61. The van der Waals surface area contributed by atoms with Crippen molar-refractivity contribution in [3.8, 4) is 34.0 Å². The Kier molecular flexibility index (Phi) is 3.08. The highest BCUT2D eigenvalue weighted by atomic mass is 16.7. The molecule has 0 amide bonds. The molecule has 0 radical (unpaired) electrons. The van der Waals surface area contributed by atoms with Gasteiger partial charge in [0.1, 0.15) is 0 Å². The first-order valence-corrected chi connectivity index (χ1v) is 8.14. The van der Waals surface area contributed by atoms with E-state index >= 15 is 0 Å². The number of aromatic amines is 1. The summed E-state index contributed by atoms with van der Waals surface area (Å²) in [5.41, 5.74) is 4.12. The van der Waals surface area contributed by atoms with Gasteiger partial charge in [-0.3, -0.25) is 14.9 Å². The molecule has 0 saturated heterocycles. The summed E-state index contributed by atoms with van der Waals surface area (Å²) in [5.74, 6) is 1.35. The maximum absolute atomic E-state index is 12.6. The van der Waals surface area contributed by atoms with Gasteiger partial charge in [-0.15, -0.1) is 0 Å². The highest BCUT2D eigenvalue weighted by Crippen LogP contribution is 2.35. The zero-order valence-electron chi connectivity index (χ0n) is 13.9. The van der Waals surface area contributed by atoms with Gasteiger partial charge in [0, 0.05) is 23.5 Å². The van der Waals surface area contributed by atoms with Crippen LogP contribution in [0.5, 0.6) is 11.5 Å². The molecule has 0 saturated carbocycles. The topological polar surface area (TPSA) is 81.5 Å². The van der Waals surface area contributed by atoms with Gasteiger partial charge in [0.2, 0.25) is 6.79 Å². The predicted molar refractivity (Wildman–Crippen MR) is 95.3 cm³/mol. The average Bonchev–Trinajstić information content (AvgIpc) is 3.25. The number of aromatic nitrogens is 4. The Balaban J connectivity index is 1.75. The number of H-pyrrole nitrogens is 1. The number of pyridine rings is 1. The molecule has 5 rings (SSSR count). The molecule has 1 aliphatic heterocycles. The summed E-state index contributed by atoms with van der Waals surface area (Å²) in [5, 5.41) is 3.07. The summed E-state index contributed by atoms with van der Waals surface area (Å²) >= 11 is 0. The van der Waals surface area contributed by atoms with Crippen LogP contribution in [0.3, 0.4) is 0 Å². The van der Waals surface area contributed by atoms with Crippen LogP contribution in [0.2, 0.25) is 0 Å². The van der Waals surface area contributed by atoms with Crippen LogP contribution in [-0.2, 0) is 0 Å². The number of aryl methyl sites for hydroxylation is 1. The predicted octanol–water partition coefficient (Wildman–Crippen LogP) is 2.79. The molecule has 0 bridgehead atoms. The summed E-state index contributed by atoms with van der Waals surface area (Å²) in [6.07, 6.45) is 1.72. The molecule has 1 aromatic carbocycles. The SMILES string of the molecule is Cc1[nH]n2c(=O)cc(-c3ccc4c(c3)OCO4)nc2c1-c1ccccn1. The second kappa shape index (κ2) is 5.45. The van der Waals surface area contributed by atoms with Crippen molar-refractivity contribution in [2.24, 2.45) is 0 Å². The van der Waals surface area contributed by atoms with E-state index in [1.54, 1.807) is 6.20 Å². The van der Waals surface area contributed by atoms with Gasteiger partial charge in [-0.25, -0.2) is 9.50 Å². The molecule has 0 unspecified atom stereocenters. The quantitative estimate of drug-likeness (QED) is 0.603. The van der Waals surface area contributed by atoms with Gasteiger partial charge in [-0.2, -0.15) is 0 Å². The Bertz CT molecular complexity index is 1190. The van der Waals surface area contributed by atoms with Crippen LogP contribution in [0, 0.1) is 6.92 Å². The minimum atomic E-state index is -0.187. The summed E-state index contributed by atoms with van der Waals surface area (Å²) in [4.78, 5) is 21.7. The fourth-order valence-corrected chi connectivity index (χ4v) is 3.17. The summed E-state index contributed by atoms with van der Waals surface area (Å²) in [7, 11) is 0. The second-order valence-electron chi connectivity index (χ2n) is 6.03. The van der Waals surface area contributed by atoms with Crippen LogP contribution in [0.15, 0.2) is 53.5 Å². The third-order valence-corrected chi connectivity index (χ3v) is 4.39. The lowest BCUT2D eigenvalue weighted by atomic mass is 10.1. The number of nitrogens with zero attached hydrogens (tertiary/aromatic N) is 3. The smallest absolute Gasteiger partial charge is 0.273 e. The van der Waals surface area contributed by atoms with Crippen molar-refractivity contribution < 1.29 is 9.47 Å². The number of nitrogens with one attached hydrogen (secondary N) is 1. The lowest BCUT2D eigenvalue weighted by Crippen LogP contribution is -2.14. The maximum atomic E-state index is 12.6. The standard InChI is InChI=1S/C19H14N4O3/c1-11-18(13-4-2-3-7-20-13)19-21-14(9-17(24)23(19)22-11)12-5-6-15-16(8-12)26-10-25-15/h2-9,22H,10H2,1H3. The third kappa shape index (κ3) is 2.17. The van der Waals surface area contributed by atoms with Gasteiger partial charge >= 0.3 is 0 Å². The Morgan fingerprint density at radius 2 is 1.96 bits per heavy atom. The maximum Gasteiger partial charge on any atom is 0.273 e. The van der Waals surface area contributed by atoms with E-state index in [4.69, 9.17) is 14.5 Å². The van der Waals surface area contributed by atoms with Crippen molar-refractivity contribution >= 4 is 5.65 Å². The molecule has 0 fully saturated rings. The Labute approximate surface area is 147 Å². The van der Waals surface area contributed by atoms with E-state index in [9.17, 15) is 4.79 Å². The van der Waals surface area contributed by atoms with Crippen molar-refractivity contribution in [1.82, 2.24) is 19.6 Å². The molecule has 0 atom stereocenters. The number of hydrogen-bond donors (Lipinski definition) is 1. The molecular formula is C19H14N4O3. The van der Waals surface area contributed by atoms with E-state index in [1.807, 2.05) is 43.3 Å². The molecule has 3 aromatic heterocycles.